The van der Waals surface area contributed by atoms with Gasteiger partial charge in [-0.15, -0.1) is 11.8 Å². The number of amides is 3. The molecule has 2 aliphatic rings. The summed E-state index contributed by atoms with van der Waals surface area (Å²) in [6.45, 7) is 3.48. The number of nitro groups is 1. The molecule has 0 spiro atoms. The maximum Gasteiger partial charge on any atom is 0.327 e. The first kappa shape index (κ1) is 25.2. The summed E-state index contributed by atoms with van der Waals surface area (Å²) in [5.41, 5.74) is 0.732. The van der Waals surface area contributed by atoms with Gasteiger partial charge in [0.15, 0.2) is 0 Å². The summed E-state index contributed by atoms with van der Waals surface area (Å²) in [5.74, 6) is -2.79. The van der Waals surface area contributed by atoms with Gasteiger partial charge in [0.1, 0.15) is 23.5 Å². The lowest BCUT2D eigenvalue weighted by atomic mass is 9.95. The van der Waals surface area contributed by atoms with Crippen molar-refractivity contribution in [3.8, 4) is 0 Å². The lowest BCUT2D eigenvalue weighted by Crippen LogP contribution is -2.71. The molecule has 2 aromatic carbocycles. The number of nitro benzene ring substituents is 1. The van der Waals surface area contributed by atoms with E-state index in [1.165, 1.54) is 40.9 Å². The summed E-state index contributed by atoms with van der Waals surface area (Å²) in [4.78, 5) is 62.2. The highest BCUT2D eigenvalue weighted by Crippen LogP contribution is 2.50. The zero-order valence-electron chi connectivity index (χ0n) is 19.4. The third-order valence-corrected chi connectivity index (χ3v) is 7.79. The van der Waals surface area contributed by atoms with Crippen molar-refractivity contribution in [2.45, 2.75) is 48.5 Å². The summed E-state index contributed by atoms with van der Waals surface area (Å²) in [6.07, 6.45) is 0.136. The van der Waals surface area contributed by atoms with E-state index in [1.54, 1.807) is 38.1 Å². The van der Waals surface area contributed by atoms with Gasteiger partial charge in [0.25, 0.3) is 11.6 Å². The van der Waals surface area contributed by atoms with Crippen molar-refractivity contribution in [2.75, 3.05) is 0 Å². The van der Waals surface area contributed by atoms with Crippen molar-refractivity contribution >= 4 is 41.1 Å². The molecule has 4 atom stereocenters. The van der Waals surface area contributed by atoms with Crippen LogP contribution in [-0.2, 0) is 20.8 Å². The molecule has 2 heterocycles. The van der Waals surface area contributed by atoms with Crippen LogP contribution < -0.4 is 10.6 Å². The number of fused-ring (bicyclic) bond motifs is 1. The standard InChI is InChI=1S/C24H24N4O7S/c1-24(2)18(23(32)33)27-21(31)17(22(27)36-24)26-20(30)16(12-13-6-4-3-5-7-13)25-19(29)14-8-10-15(11-9-14)28(34)35/h3-11,16-18,22H,12H2,1-2H3,(H,25,29)(H,26,30)(H,32,33). The van der Waals surface area contributed by atoms with E-state index in [9.17, 15) is 34.4 Å². The zero-order valence-corrected chi connectivity index (χ0v) is 20.2. The summed E-state index contributed by atoms with van der Waals surface area (Å²) in [5, 5.41) is 25.3. The number of non-ortho nitro benzene ring substituents is 1. The third-order valence-electron chi connectivity index (χ3n) is 6.22. The second kappa shape index (κ2) is 9.61. The lowest BCUT2D eigenvalue weighted by molar-refractivity contribution is -0.384. The van der Waals surface area contributed by atoms with Crippen molar-refractivity contribution in [3.05, 3.63) is 75.8 Å². The Morgan fingerprint density at radius 2 is 1.78 bits per heavy atom. The van der Waals surface area contributed by atoms with Gasteiger partial charge in [0, 0.05) is 28.9 Å². The quantitative estimate of drug-likeness (QED) is 0.273. The summed E-state index contributed by atoms with van der Waals surface area (Å²) in [7, 11) is 0. The van der Waals surface area contributed by atoms with Crippen LogP contribution in [0, 0.1) is 10.1 Å². The van der Waals surface area contributed by atoms with E-state index < -0.39 is 56.9 Å². The van der Waals surface area contributed by atoms with Crippen molar-refractivity contribution in [1.82, 2.24) is 15.5 Å². The molecule has 2 aromatic rings. The minimum atomic E-state index is -1.11. The second-order valence-corrected chi connectivity index (χ2v) is 10.9. The number of nitrogens with zero attached hydrogens (tertiary/aromatic N) is 2. The number of β-lactam (4-membered cyclic amide) rings is 1. The van der Waals surface area contributed by atoms with E-state index in [0.717, 1.165) is 5.56 Å². The van der Waals surface area contributed by atoms with Crippen LogP contribution >= 0.6 is 11.8 Å². The number of carboxylic acids is 1. The Kier molecular flexibility index (Phi) is 6.72. The average molecular weight is 513 g/mol. The Morgan fingerprint density at radius 1 is 1.14 bits per heavy atom. The van der Waals surface area contributed by atoms with Gasteiger partial charge in [0.05, 0.1) is 4.92 Å². The third kappa shape index (κ3) is 4.76. The maximum absolute atomic E-state index is 13.3. The predicted molar refractivity (Wildman–Crippen MR) is 130 cm³/mol. The van der Waals surface area contributed by atoms with Gasteiger partial charge in [-0.25, -0.2) is 4.79 Å². The SMILES string of the molecule is CC1(C)SC2C(NC(=O)C(Cc3ccccc3)NC(=O)c3ccc([N+](=O)[O-])cc3)C(=O)N2C1C(=O)O. The molecular formula is C24H24N4O7S. The molecule has 2 aliphatic heterocycles. The van der Waals surface area contributed by atoms with Crippen molar-refractivity contribution in [3.63, 3.8) is 0 Å². The van der Waals surface area contributed by atoms with Gasteiger partial charge in [0.2, 0.25) is 11.8 Å². The molecule has 0 bridgehead atoms. The number of carbonyl (C=O) groups excluding carboxylic acids is 3. The number of carbonyl (C=O) groups is 4. The minimum Gasteiger partial charge on any atom is -0.480 e. The molecule has 12 heteroatoms. The van der Waals surface area contributed by atoms with Crippen molar-refractivity contribution < 1.29 is 29.2 Å². The fourth-order valence-electron chi connectivity index (χ4n) is 4.43. The summed E-state index contributed by atoms with van der Waals surface area (Å²) in [6, 6.07) is 11.0. The Morgan fingerprint density at radius 3 is 2.36 bits per heavy atom. The van der Waals surface area contributed by atoms with Crippen LogP contribution in [-0.4, -0.2) is 66.9 Å². The molecule has 0 aromatic heterocycles. The Hall–Kier alpha value is -3.93. The molecule has 188 valence electrons. The van der Waals surface area contributed by atoms with Crippen LogP contribution in [0.25, 0.3) is 0 Å². The molecule has 4 unspecified atom stereocenters. The van der Waals surface area contributed by atoms with E-state index in [2.05, 4.69) is 10.6 Å². The normalized spacial score (nSPS) is 22.7. The lowest BCUT2D eigenvalue weighted by Gasteiger charge is -2.44. The van der Waals surface area contributed by atoms with Crippen LogP contribution in [0.3, 0.4) is 0 Å². The Bertz CT molecular complexity index is 1220. The number of rotatable bonds is 8. The fourth-order valence-corrected chi connectivity index (χ4v) is 6.06. The van der Waals surface area contributed by atoms with Gasteiger partial charge in [-0.1, -0.05) is 30.3 Å². The highest BCUT2D eigenvalue weighted by atomic mass is 32.2. The molecular weight excluding hydrogens is 488 g/mol. The first-order chi connectivity index (χ1) is 17.0. The van der Waals surface area contributed by atoms with Crippen LogP contribution in [0.15, 0.2) is 54.6 Å². The molecule has 36 heavy (non-hydrogen) atoms. The molecule has 3 amide bonds. The number of benzene rings is 2. The highest BCUT2D eigenvalue weighted by molar-refractivity contribution is 8.01. The zero-order chi connectivity index (χ0) is 26.2. The smallest absolute Gasteiger partial charge is 0.327 e. The van der Waals surface area contributed by atoms with Crippen LogP contribution in [0.2, 0.25) is 0 Å². The van der Waals surface area contributed by atoms with Gasteiger partial charge < -0.3 is 20.6 Å². The molecule has 2 saturated heterocycles. The summed E-state index contributed by atoms with van der Waals surface area (Å²) < 4.78 is -0.737. The fraction of sp³-hybridized carbons (Fsp3) is 0.333. The van der Waals surface area contributed by atoms with Gasteiger partial charge in [-0.3, -0.25) is 24.5 Å². The maximum atomic E-state index is 13.3. The van der Waals surface area contributed by atoms with Crippen LogP contribution in [0.4, 0.5) is 5.69 Å². The summed E-state index contributed by atoms with van der Waals surface area (Å²) >= 11 is 1.31. The van der Waals surface area contributed by atoms with Crippen molar-refractivity contribution in [1.29, 1.82) is 0 Å². The second-order valence-electron chi connectivity index (χ2n) is 9.10. The topological polar surface area (TPSA) is 159 Å². The number of nitrogens with one attached hydrogen (secondary N) is 2. The van der Waals surface area contributed by atoms with E-state index in [0.29, 0.717) is 0 Å². The van der Waals surface area contributed by atoms with Gasteiger partial charge >= 0.3 is 5.97 Å². The number of hydrogen-bond acceptors (Lipinski definition) is 7. The van der Waals surface area contributed by atoms with E-state index in [1.807, 2.05) is 6.07 Å². The molecule has 11 nitrogen and oxygen atoms in total. The molecule has 0 saturated carbocycles. The molecule has 0 radical (unpaired) electrons. The number of aliphatic carboxylic acids is 1. The Balaban J connectivity index is 1.50. The number of carboxylic acid groups (broad SMARTS) is 1. The van der Waals surface area contributed by atoms with Crippen LogP contribution in [0.1, 0.15) is 29.8 Å². The molecule has 4 rings (SSSR count). The first-order valence-electron chi connectivity index (χ1n) is 11.1. The minimum absolute atomic E-state index is 0.134. The van der Waals surface area contributed by atoms with Gasteiger partial charge in [-0.2, -0.15) is 0 Å². The highest BCUT2D eigenvalue weighted by Gasteiger charge is 2.64. The van der Waals surface area contributed by atoms with Crippen molar-refractivity contribution in [2.24, 2.45) is 0 Å². The van der Waals surface area contributed by atoms with E-state index in [4.69, 9.17) is 0 Å². The number of hydrogen-bond donors (Lipinski definition) is 3. The number of thioether (sulfide) groups is 1. The average Bonchev–Trinajstić information content (AvgIpc) is 3.10. The largest absolute Gasteiger partial charge is 0.480 e. The molecule has 3 N–H and O–H groups in total. The first-order valence-corrected chi connectivity index (χ1v) is 12.0. The molecule has 0 aliphatic carbocycles. The van der Waals surface area contributed by atoms with Crippen LogP contribution in [0.5, 0.6) is 0 Å². The van der Waals surface area contributed by atoms with E-state index in [-0.39, 0.29) is 17.7 Å². The van der Waals surface area contributed by atoms with Gasteiger partial charge in [-0.05, 0) is 31.5 Å². The monoisotopic (exact) mass is 512 g/mol. The van der Waals surface area contributed by atoms with E-state index >= 15 is 0 Å². The predicted octanol–water partition coefficient (Wildman–Crippen LogP) is 1.57. The molecule has 2 fully saturated rings. The Labute approximate surface area is 210 Å².